The lowest BCUT2D eigenvalue weighted by atomic mass is 10.2. The molecule has 0 radical (unpaired) electrons. The summed E-state index contributed by atoms with van der Waals surface area (Å²) >= 11 is 0. The lowest BCUT2D eigenvalue weighted by Crippen LogP contribution is -2.15. The van der Waals surface area contributed by atoms with Crippen LogP contribution in [0.2, 0.25) is 0 Å². The zero-order valence-corrected chi connectivity index (χ0v) is 10.5. The Labute approximate surface area is 101 Å². The van der Waals surface area contributed by atoms with Crippen molar-refractivity contribution in [3.05, 3.63) is 24.0 Å². The van der Waals surface area contributed by atoms with Crippen molar-refractivity contribution >= 4 is 17.3 Å². The predicted molar refractivity (Wildman–Crippen MR) is 68.7 cm³/mol. The van der Waals surface area contributed by atoms with Crippen LogP contribution in [0.4, 0.5) is 15.8 Å². The SMILES string of the molecule is CCCC(C)Nc1ccc(F)c(NC(C)=O)c1. The molecule has 4 heteroatoms. The van der Waals surface area contributed by atoms with Gasteiger partial charge in [0.25, 0.3) is 0 Å². The highest BCUT2D eigenvalue weighted by atomic mass is 19.1. The summed E-state index contributed by atoms with van der Waals surface area (Å²) in [6.07, 6.45) is 2.14. The number of benzene rings is 1. The van der Waals surface area contributed by atoms with Gasteiger partial charge in [-0.3, -0.25) is 4.79 Å². The zero-order chi connectivity index (χ0) is 12.8. The molecular weight excluding hydrogens is 219 g/mol. The molecule has 2 N–H and O–H groups in total. The molecule has 17 heavy (non-hydrogen) atoms. The topological polar surface area (TPSA) is 41.1 Å². The average molecular weight is 238 g/mol. The van der Waals surface area contributed by atoms with Crippen molar-refractivity contribution in [2.24, 2.45) is 0 Å². The monoisotopic (exact) mass is 238 g/mol. The van der Waals surface area contributed by atoms with Crippen LogP contribution >= 0.6 is 0 Å². The zero-order valence-electron chi connectivity index (χ0n) is 10.5. The number of hydrogen-bond acceptors (Lipinski definition) is 2. The fourth-order valence-corrected chi connectivity index (χ4v) is 1.69. The Morgan fingerprint density at radius 3 is 2.76 bits per heavy atom. The second-order valence-corrected chi connectivity index (χ2v) is 4.21. The number of rotatable bonds is 5. The Hall–Kier alpha value is -1.58. The minimum Gasteiger partial charge on any atom is -0.383 e. The Bertz CT molecular complexity index is 393. The minimum absolute atomic E-state index is 0.214. The van der Waals surface area contributed by atoms with Crippen LogP contribution in [0.1, 0.15) is 33.6 Å². The standard InChI is InChI=1S/C13H19FN2O/c1-4-5-9(2)15-11-6-7-12(14)13(8-11)16-10(3)17/h6-9,15H,4-5H2,1-3H3,(H,16,17). The van der Waals surface area contributed by atoms with E-state index in [4.69, 9.17) is 0 Å². The van der Waals surface area contributed by atoms with E-state index < -0.39 is 5.82 Å². The minimum atomic E-state index is -0.422. The second-order valence-electron chi connectivity index (χ2n) is 4.21. The third-order valence-electron chi connectivity index (χ3n) is 2.41. The molecule has 0 aromatic heterocycles. The van der Waals surface area contributed by atoms with E-state index in [1.54, 1.807) is 12.1 Å². The molecular formula is C13H19FN2O. The first-order valence-electron chi connectivity index (χ1n) is 5.86. The predicted octanol–water partition coefficient (Wildman–Crippen LogP) is 3.38. The van der Waals surface area contributed by atoms with E-state index in [-0.39, 0.29) is 11.6 Å². The van der Waals surface area contributed by atoms with Crippen molar-refractivity contribution in [2.45, 2.75) is 39.7 Å². The highest BCUT2D eigenvalue weighted by molar-refractivity contribution is 5.89. The molecule has 1 unspecified atom stereocenters. The van der Waals surface area contributed by atoms with Gasteiger partial charge in [-0.15, -0.1) is 0 Å². The molecule has 0 aliphatic heterocycles. The van der Waals surface area contributed by atoms with Crippen LogP contribution in [0.15, 0.2) is 18.2 Å². The van der Waals surface area contributed by atoms with Gasteiger partial charge < -0.3 is 10.6 Å². The van der Waals surface area contributed by atoms with Gasteiger partial charge in [-0.25, -0.2) is 4.39 Å². The fraction of sp³-hybridized carbons (Fsp3) is 0.462. The van der Waals surface area contributed by atoms with Crippen LogP contribution in [-0.2, 0) is 4.79 Å². The van der Waals surface area contributed by atoms with Crippen molar-refractivity contribution in [1.29, 1.82) is 0 Å². The Morgan fingerprint density at radius 2 is 2.18 bits per heavy atom. The van der Waals surface area contributed by atoms with Crippen molar-refractivity contribution in [3.8, 4) is 0 Å². The van der Waals surface area contributed by atoms with E-state index >= 15 is 0 Å². The van der Waals surface area contributed by atoms with Crippen LogP contribution in [0, 0.1) is 5.82 Å². The van der Waals surface area contributed by atoms with Crippen LogP contribution in [0.5, 0.6) is 0 Å². The summed E-state index contributed by atoms with van der Waals surface area (Å²) in [6, 6.07) is 4.97. The normalized spacial score (nSPS) is 12.0. The number of carbonyl (C=O) groups excluding carboxylic acids is 1. The third kappa shape index (κ3) is 4.43. The molecule has 0 heterocycles. The van der Waals surface area contributed by atoms with Crippen LogP contribution in [0.3, 0.4) is 0 Å². The molecule has 0 saturated heterocycles. The van der Waals surface area contributed by atoms with Gasteiger partial charge in [0, 0.05) is 18.7 Å². The maximum atomic E-state index is 13.4. The van der Waals surface area contributed by atoms with Crippen molar-refractivity contribution < 1.29 is 9.18 Å². The summed E-state index contributed by atoms with van der Waals surface area (Å²) in [5.74, 6) is -0.698. The first-order valence-corrected chi connectivity index (χ1v) is 5.86. The highest BCUT2D eigenvalue weighted by Gasteiger charge is 2.06. The van der Waals surface area contributed by atoms with Crippen LogP contribution in [-0.4, -0.2) is 11.9 Å². The summed E-state index contributed by atoms with van der Waals surface area (Å²) in [6.45, 7) is 5.55. The first kappa shape index (κ1) is 13.5. The lowest BCUT2D eigenvalue weighted by Gasteiger charge is -2.15. The Kier molecular flexibility index (Phi) is 4.94. The summed E-state index contributed by atoms with van der Waals surface area (Å²) in [5.41, 5.74) is 1.03. The van der Waals surface area contributed by atoms with E-state index in [1.165, 1.54) is 13.0 Å². The number of halogens is 1. The molecule has 0 aliphatic rings. The van der Waals surface area contributed by atoms with Gasteiger partial charge in [-0.2, -0.15) is 0 Å². The molecule has 0 bridgehead atoms. The average Bonchev–Trinajstić information content (AvgIpc) is 2.22. The number of anilines is 2. The van der Waals surface area contributed by atoms with Crippen molar-refractivity contribution in [3.63, 3.8) is 0 Å². The van der Waals surface area contributed by atoms with Gasteiger partial charge in [-0.05, 0) is 31.5 Å². The lowest BCUT2D eigenvalue weighted by molar-refractivity contribution is -0.114. The maximum Gasteiger partial charge on any atom is 0.221 e. The van der Waals surface area contributed by atoms with Crippen molar-refractivity contribution in [2.75, 3.05) is 10.6 Å². The smallest absolute Gasteiger partial charge is 0.221 e. The third-order valence-corrected chi connectivity index (χ3v) is 2.41. The van der Waals surface area contributed by atoms with E-state index in [0.717, 1.165) is 18.5 Å². The molecule has 1 atom stereocenters. The summed E-state index contributed by atoms with van der Waals surface area (Å²) in [7, 11) is 0. The maximum absolute atomic E-state index is 13.4. The molecule has 0 spiro atoms. The largest absolute Gasteiger partial charge is 0.383 e. The molecule has 3 nitrogen and oxygen atoms in total. The molecule has 1 aromatic carbocycles. The molecule has 1 aromatic rings. The van der Waals surface area contributed by atoms with Gasteiger partial charge in [0.15, 0.2) is 0 Å². The molecule has 94 valence electrons. The molecule has 0 saturated carbocycles. The number of amides is 1. The summed E-state index contributed by atoms with van der Waals surface area (Å²) < 4.78 is 13.4. The van der Waals surface area contributed by atoms with E-state index in [1.807, 2.05) is 0 Å². The molecule has 1 rings (SSSR count). The first-order chi connectivity index (χ1) is 8.02. The van der Waals surface area contributed by atoms with Gasteiger partial charge in [-0.1, -0.05) is 13.3 Å². The quantitative estimate of drug-likeness (QED) is 0.825. The van der Waals surface area contributed by atoms with E-state index in [2.05, 4.69) is 24.5 Å². The summed E-state index contributed by atoms with van der Waals surface area (Å²) in [4.78, 5) is 10.9. The Balaban J connectivity index is 2.77. The molecule has 1 amide bonds. The number of nitrogens with one attached hydrogen (secondary N) is 2. The highest BCUT2D eigenvalue weighted by Crippen LogP contribution is 2.20. The summed E-state index contributed by atoms with van der Waals surface area (Å²) in [5, 5.41) is 5.73. The second kappa shape index (κ2) is 6.23. The van der Waals surface area contributed by atoms with Crippen LogP contribution in [0.25, 0.3) is 0 Å². The fourth-order valence-electron chi connectivity index (χ4n) is 1.69. The van der Waals surface area contributed by atoms with Gasteiger partial charge in [0.2, 0.25) is 5.91 Å². The van der Waals surface area contributed by atoms with E-state index in [9.17, 15) is 9.18 Å². The number of hydrogen-bond donors (Lipinski definition) is 2. The van der Waals surface area contributed by atoms with Gasteiger partial charge in [0.1, 0.15) is 5.82 Å². The molecule has 0 aliphatic carbocycles. The van der Waals surface area contributed by atoms with Crippen molar-refractivity contribution in [1.82, 2.24) is 0 Å². The Morgan fingerprint density at radius 1 is 1.47 bits per heavy atom. The van der Waals surface area contributed by atoms with Gasteiger partial charge >= 0.3 is 0 Å². The van der Waals surface area contributed by atoms with E-state index in [0.29, 0.717) is 6.04 Å². The molecule has 0 fully saturated rings. The van der Waals surface area contributed by atoms with Gasteiger partial charge in [0.05, 0.1) is 5.69 Å². The number of carbonyl (C=O) groups is 1. The van der Waals surface area contributed by atoms with Crippen LogP contribution < -0.4 is 10.6 Å².